The van der Waals surface area contributed by atoms with Crippen molar-refractivity contribution >= 4 is 5.91 Å². The van der Waals surface area contributed by atoms with E-state index in [0.717, 1.165) is 51.6 Å². The van der Waals surface area contributed by atoms with Gasteiger partial charge in [-0.3, -0.25) is 9.48 Å². The van der Waals surface area contributed by atoms with E-state index in [0.29, 0.717) is 5.92 Å². The van der Waals surface area contributed by atoms with Gasteiger partial charge in [0.15, 0.2) is 0 Å². The molecule has 0 bridgehead atoms. The van der Waals surface area contributed by atoms with Crippen LogP contribution in [0.5, 0.6) is 0 Å². The van der Waals surface area contributed by atoms with E-state index < -0.39 is 0 Å². The van der Waals surface area contributed by atoms with Crippen molar-refractivity contribution in [2.75, 3.05) is 39.8 Å². The summed E-state index contributed by atoms with van der Waals surface area (Å²) in [6, 6.07) is 2.14. The number of nitrogens with one attached hydrogen (secondary N) is 2. The maximum absolute atomic E-state index is 12.7. The highest BCUT2D eigenvalue weighted by atomic mass is 16.2. The maximum atomic E-state index is 12.7. The fraction of sp³-hybridized carbons (Fsp3) is 0.765. The minimum Gasteiger partial charge on any atom is -0.355 e. The fourth-order valence-corrected chi connectivity index (χ4v) is 4.36. The van der Waals surface area contributed by atoms with Crippen LogP contribution in [0.4, 0.5) is 0 Å². The van der Waals surface area contributed by atoms with E-state index in [9.17, 15) is 4.79 Å². The predicted octanol–water partition coefficient (Wildman–Crippen LogP) is 0.418. The van der Waals surface area contributed by atoms with Gasteiger partial charge in [-0.25, -0.2) is 0 Å². The highest BCUT2D eigenvalue weighted by molar-refractivity contribution is 5.84. The normalized spacial score (nSPS) is 30.6. The molecule has 23 heavy (non-hydrogen) atoms. The number of carbonyl (C=O) groups excluding carboxylic acids is 1. The molecule has 2 aliphatic heterocycles. The summed E-state index contributed by atoms with van der Waals surface area (Å²) in [6.07, 6.45) is 5.44. The third-order valence-electron chi connectivity index (χ3n) is 5.73. The van der Waals surface area contributed by atoms with E-state index in [-0.39, 0.29) is 11.3 Å². The first-order valence-electron chi connectivity index (χ1n) is 8.88. The highest BCUT2D eigenvalue weighted by Gasteiger charge is 2.53. The first-order chi connectivity index (χ1) is 11.2. The van der Waals surface area contributed by atoms with Crippen LogP contribution in [0, 0.1) is 11.3 Å². The van der Waals surface area contributed by atoms with Gasteiger partial charge in [0.25, 0.3) is 0 Å². The van der Waals surface area contributed by atoms with E-state index in [1.807, 2.05) is 6.20 Å². The summed E-state index contributed by atoms with van der Waals surface area (Å²) < 4.78 is 2.12. The lowest BCUT2D eigenvalue weighted by Gasteiger charge is -2.26. The van der Waals surface area contributed by atoms with Crippen LogP contribution in [0.2, 0.25) is 0 Å². The van der Waals surface area contributed by atoms with E-state index in [1.54, 1.807) is 0 Å². The van der Waals surface area contributed by atoms with Crippen molar-refractivity contribution in [2.24, 2.45) is 11.3 Å². The summed E-state index contributed by atoms with van der Waals surface area (Å²) in [5, 5.41) is 11.0. The summed E-state index contributed by atoms with van der Waals surface area (Å²) >= 11 is 0. The Morgan fingerprint density at radius 3 is 3.22 bits per heavy atom. The fourth-order valence-electron chi connectivity index (χ4n) is 4.36. The molecule has 2 atom stereocenters. The van der Waals surface area contributed by atoms with Crippen molar-refractivity contribution in [3.8, 4) is 0 Å². The molecular weight excluding hydrogens is 290 g/mol. The second-order valence-corrected chi connectivity index (χ2v) is 7.54. The molecule has 2 N–H and O–H groups in total. The average Bonchev–Trinajstić information content (AvgIpc) is 2.98. The molecule has 1 saturated carbocycles. The quantitative estimate of drug-likeness (QED) is 0.747. The van der Waals surface area contributed by atoms with Crippen LogP contribution < -0.4 is 10.6 Å². The van der Waals surface area contributed by atoms with Crippen LogP contribution in [-0.4, -0.2) is 60.4 Å². The largest absolute Gasteiger partial charge is 0.355 e. The smallest absolute Gasteiger partial charge is 0.229 e. The first kappa shape index (κ1) is 15.1. The minimum atomic E-state index is -0.209. The van der Waals surface area contributed by atoms with E-state index in [4.69, 9.17) is 0 Å². The Balaban J connectivity index is 1.28. The Morgan fingerprint density at radius 1 is 1.52 bits per heavy atom. The van der Waals surface area contributed by atoms with Gasteiger partial charge >= 0.3 is 0 Å². The second kappa shape index (κ2) is 5.91. The van der Waals surface area contributed by atoms with Crippen molar-refractivity contribution in [2.45, 2.75) is 31.7 Å². The number of hydrogen-bond acceptors (Lipinski definition) is 4. The molecule has 3 fully saturated rings. The molecule has 6 heteroatoms. The molecule has 3 heterocycles. The topological polar surface area (TPSA) is 62.2 Å². The van der Waals surface area contributed by atoms with Gasteiger partial charge in [-0.15, -0.1) is 0 Å². The summed E-state index contributed by atoms with van der Waals surface area (Å²) in [4.78, 5) is 15.0. The lowest BCUT2D eigenvalue weighted by Crippen LogP contribution is -2.47. The number of carbonyl (C=O) groups is 1. The van der Waals surface area contributed by atoms with Gasteiger partial charge in [0.05, 0.1) is 5.41 Å². The first-order valence-corrected chi connectivity index (χ1v) is 8.88. The third kappa shape index (κ3) is 2.78. The van der Waals surface area contributed by atoms with E-state index >= 15 is 0 Å². The predicted molar refractivity (Wildman–Crippen MR) is 88.1 cm³/mol. The molecule has 2 unspecified atom stereocenters. The van der Waals surface area contributed by atoms with Crippen LogP contribution in [0.3, 0.4) is 0 Å². The van der Waals surface area contributed by atoms with E-state index in [1.165, 1.54) is 18.5 Å². The highest BCUT2D eigenvalue weighted by Crippen LogP contribution is 2.40. The summed E-state index contributed by atoms with van der Waals surface area (Å²) in [5.74, 6) is 1.42. The second-order valence-electron chi connectivity index (χ2n) is 7.54. The molecule has 1 aromatic heterocycles. The van der Waals surface area contributed by atoms with Crippen molar-refractivity contribution in [3.63, 3.8) is 0 Å². The van der Waals surface area contributed by atoms with Crippen molar-refractivity contribution in [1.82, 2.24) is 25.3 Å². The molecule has 1 aromatic rings. The number of amides is 1. The van der Waals surface area contributed by atoms with Gasteiger partial charge in [0.1, 0.15) is 0 Å². The number of fused-ring (bicyclic) bond motifs is 1. The van der Waals surface area contributed by atoms with Crippen LogP contribution in [0.15, 0.2) is 12.3 Å². The van der Waals surface area contributed by atoms with E-state index in [2.05, 4.69) is 38.4 Å². The molecule has 4 rings (SSSR count). The molecule has 1 amide bonds. The maximum Gasteiger partial charge on any atom is 0.229 e. The minimum absolute atomic E-state index is 0.209. The number of aromatic nitrogens is 2. The van der Waals surface area contributed by atoms with Gasteiger partial charge in [-0.05, 0) is 32.4 Å². The lowest BCUT2D eigenvalue weighted by molar-refractivity contribution is -0.130. The molecule has 126 valence electrons. The molecule has 0 radical (unpaired) electrons. The summed E-state index contributed by atoms with van der Waals surface area (Å²) in [7, 11) is 2.12. The van der Waals surface area contributed by atoms with Crippen LogP contribution >= 0.6 is 0 Å². The van der Waals surface area contributed by atoms with Crippen LogP contribution in [0.25, 0.3) is 0 Å². The van der Waals surface area contributed by atoms with Gasteiger partial charge in [0.2, 0.25) is 5.91 Å². The van der Waals surface area contributed by atoms with Gasteiger partial charge in [-0.1, -0.05) is 0 Å². The molecular formula is C17H27N5O. The van der Waals surface area contributed by atoms with Crippen molar-refractivity contribution in [1.29, 1.82) is 0 Å². The zero-order valence-electron chi connectivity index (χ0n) is 13.9. The molecule has 6 nitrogen and oxygen atoms in total. The van der Waals surface area contributed by atoms with Gasteiger partial charge < -0.3 is 15.5 Å². The Bertz CT molecular complexity index is 581. The molecule has 1 aliphatic carbocycles. The number of rotatable bonds is 6. The lowest BCUT2D eigenvalue weighted by atomic mass is 9.80. The standard InChI is InChI=1S/C17H27N5O/c1-21-10-14-9-18-11-17(14,12-21)16(23)19-6-2-8-22-15(5-7-20-22)13-3-4-13/h5,7,13-14,18H,2-4,6,8-12H2,1H3,(H,19,23). The van der Waals surface area contributed by atoms with Gasteiger partial charge in [-0.2, -0.15) is 5.10 Å². The van der Waals surface area contributed by atoms with Crippen molar-refractivity contribution < 1.29 is 4.79 Å². The number of nitrogens with zero attached hydrogens (tertiary/aromatic N) is 3. The Kier molecular flexibility index (Phi) is 3.89. The number of aryl methyl sites for hydroxylation is 1. The SMILES string of the molecule is CN1CC2CNCC2(C(=O)NCCCn2nccc2C2CC2)C1. The molecule has 0 aromatic carbocycles. The van der Waals surface area contributed by atoms with Crippen LogP contribution in [-0.2, 0) is 11.3 Å². The average molecular weight is 317 g/mol. The summed E-state index contributed by atoms with van der Waals surface area (Å²) in [6.45, 7) is 5.32. The molecule has 0 spiro atoms. The number of likely N-dealkylation sites (tertiary alicyclic amines) is 1. The Morgan fingerprint density at radius 2 is 2.39 bits per heavy atom. The van der Waals surface area contributed by atoms with Gasteiger partial charge in [0, 0.05) is 63.0 Å². The number of hydrogen-bond donors (Lipinski definition) is 2. The Hall–Kier alpha value is -1.40. The summed E-state index contributed by atoms with van der Waals surface area (Å²) in [5.41, 5.74) is 1.16. The molecule has 3 aliphatic rings. The zero-order valence-corrected chi connectivity index (χ0v) is 13.9. The monoisotopic (exact) mass is 317 g/mol. The Labute approximate surface area is 137 Å². The molecule has 2 saturated heterocycles. The zero-order chi connectivity index (χ0) is 15.9. The van der Waals surface area contributed by atoms with Crippen molar-refractivity contribution in [3.05, 3.63) is 18.0 Å². The van der Waals surface area contributed by atoms with Crippen LogP contribution in [0.1, 0.15) is 30.9 Å². The third-order valence-corrected chi connectivity index (χ3v) is 5.73.